The van der Waals surface area contributed by atoms with Gasteiger partial charge < -0.3 is 0 Å². The van der Waals surface area contributed by atoms with Crippen molar-refractivity contribution in [2.24, 2.45) is 11.3 Å². The highest BCUT2D eigenvalue weighted by Crippen LogP contribution is 2.46. The number of hydrogen-bond donors (Lipinski definition) is 0. The standard InChI is InChI=1S/C27H24FN7/c28-24-11-20(5-6-22(24)21-13-32-34(15-21)17-27(16-30)7-8-27)23-14-33-35-10-9-31-25(26(23)35)19-3-1-18(12-29)2-4-19/h5-6,9-11,13-15,18-19H,1-4,7-8,17H2. The van der Waals surface area contributed by atoms with Crippen LogP contribution in [0.1, 0.15) is 50.1 Å². The van der Waals surface area contributed by atoms with Crippen molar-refractivity contribution >= 4 is 5.52 Å². The Hall–Kier alpha value is -4.04. The molecule has 0 aliphatic heterocycles. The van der Waals surface area contributed by atoms with Crippen molar-refractivity contribution in [2.75, 3.05) is 0 Å². The van der Waals surface area contributed by atoms with Crippen LogP contribution in [0.15, 0.2) is 49.2 Å². The van der Waals surface area contributed by atoms with E-state index in [1.54, 1.807) is 35.4 Å². The predicted molar refractivity (Wildman–Crippen MR) is 127 cm³/mol. The average molecular weight is 466 g/mol. The number of halogens is 1. The fourth-order valence-corrected chi connectivity index (χ4v) is 5.25. The zero-order chi connectivity index (χ0) is 24.0. The number of rotatable bonds is 5. The fourth-order valence-electron chi connectivity index (χ4n) is 5.25. The maximum Gasteiger partial charge on any atom is 0.131 e. The van der Waals surface area contributed by atoms with E-state index in [0.29, 0.717) is 17.7 Å². The zero-order valence-electron chi connectivity index (χ0n) is 19.2. The van der Waals surface area contributed by atoms with Crippen LogP contribution < -0.4 is 0 Å². The quantitative estimate of drug-likeness (QED) is 0.388. The van der Waals surface area contributed by atoms with Gasteiger partial charge in [-0.25, -0.2) is 8.91 Å². The second-order valence-corrected chi connectivity index (χ2v) is 9.85. The first-order valence-corrected chi connectivity index (χ1v) is 12.0. The molecule has 0 unspecified atom stereocenters. The van der Waals surface area contributed by atoms with Gasteiger partial charge in [-0.05, 0) is 50.2 Å². The van der Waals surface area contributed by atoms with Crippen molar-refractivity contribution < 1.29 is 4.39 Å². The molecule has 4 aromatic rings. The van der Waals surface area contributed by atoms with Crippen LogP contribution in [0.3, 0.4) is 0 Å². The molecule has 6 rings (SSSR count). The summed E-state index contributed by atoms with van der Waals surface area (Å²) in [5, 5.41) is 27.4. The van der Waals surface area contributed by atoms with Crippen LogP contribution in [0, 0.1) is 39.8 Å². The van der Waals surface area contributed by atoms with Gasteiger partial charge in [-0.15, -0.1) is 0 Å². The van der Waals surface area contributed by atoms with Crippen molar-refractivity contribution in [3.05, 3.63) is 60.7 Å². The average Bonchev–Trinajstić information content (AvgIpc) is 3.29. The smallest absolute Gasteiger partial charge is 0.131 e. The van der Waals surface area contributed by atoms with Crippen molar-refractivity contribution in [3.8, 4) is 34.4 Å². The molecule has 0 radical (unpaired) electrons. The van der Waals surface area contributed by atoms with Gasteiger partial charge in [0.1, 0.15) is 5.82 Å². The molecule has 0 spiro atoms. The Kier molecular flexibility index (Phi) is 5.11. The van der Waals surface area contributed by atoms with E-state index in [0.717, 1.165) is 60.9 Å². The second kappa shape index (κ2) is 8.32. The zero-order valence-corrected chi connectivity index (χ0v) is 19.2. The molecule has 0 amide bonds. The summed E-state index contributed by atoms with van der Waals surface area (Å²) < 4.78 is 18.9. The fraction of sp³-hybridized carbons (Fsp3) is 0.370. The number of hydrogen-bond acceptors (Lipinski definition) is 5. The molecule has 35 heavy (non-hydrogen) atoms. The van der Waals surface area contributed by atoms with Crippen LogP contribution >= 0.6 is 0 Å². The van der Waals surface area contributed by atoms with Crippen molar-refractivity contribution in [1.82, 2.24) is 24.4 Å². The number of benzene rings is 1. The van der Waals surface area contributed by atoms with E-state index in [2.05, 4.69) is 22.3 Å². The van der Waals surface area contributed by atoms with E-state index in [1.165, 1.54) is 0 Å². The van der Waals surface area contributed by atoms with E-state index in [-0.39, 0.29) is 23.1 Å². The summed E-state index contributed by atoms with van der Waals surface area (Å²) in [6.45, 7) is 0.539. The molecule has 2 fully saturated rings. The Balaban J connectivity index is 1.31. The van der Waals surface area contributed by atoms with Crippen LogP contribution in [0.5, 0.6) is 0 Å². The molecule has 8 heteroatoms. The first-order chi connectivity index (χ1) is 17.1. The number of nitriles is 2. The Morgan fingerprint density at radius 2 is 1.86 bits per heavy atom. The lowest BCUT2D eigenvalue weighted by Crippen LogP contribution is -2.14. The molecule has 2 aliphatic carbocycles. The minimum atomic E-state index is -0.331. The van der Waals surface area contributed by atoms with Gasteiger partial charge in [-0.1, -0.05) is 12.1 Å². The molecule has 0 saturated heterocycles. The highest BCUT2D eigenvalue weighted by atomic mass is 19.1. The van der Waals surface area contributed by atoms with Gasteiger partial charge in [0.25, 0.3) is 0 Å². The highest BCUT2D eigenvalue weighted by molar-refractivity contribution is 5.83. The third-order valence-electron chi connectivity index (χ3n) is 7.54. The molecular weight excluding hydrogens is 441 g/mol. The topological polar surface area (TPSA) is 95.6 Å². The van der Waals surface area contributed by atoms with E-state index in [1.807, 2.05) is 23.0 Å². The van der Waals surface area contributed by atoms with Crippen LogP contribution in [0.25, 0.3) is 27.8 Å². The monoisotopic (exact) mass is 465 g/mol. The maximum atomic E-state index is 15.3. The van der Waals surface area contributed by atoms with Crippen molar-refractivity contribution in [3.63, 3.8) is 0 Å². The predicted octanol–water partition coefficient (Wildman–Crippen LogP) is 5.50. The summed E-state index contributed by atoms with van der Waals surface area (Å²) >= 11 is 0. The molecule has 2 saturated carbocycles. The van der Waals surface area contributed by atoms with Gasteiger partial charge in [0.2, 0.25) is 0 Å². The Labute approximate surface area is 202 Å². The Bertz CT molecular complexity index is 1490. The first kappa shape index (κ1) is 21.5. The molecule has 7 nitrogen and oxygen atoms in total. The Morgan fingerprint density at radius 3 is 2.57 bits per heavy atom. The van der Waals surface area contributed by atoms with Gasteiger partial charge in [0.15, 0.2) is 0 Å². The van der Waals surface area contributed by atoms with Crippen LogP contribution in [0.2, 0.25) is 0 Å². The second-order valence-electron chi connectivity index (χ2n) is 9.85. The molecule has 174 valence electrons. The minimum absolute atomic E-state index is 0.121. The van der Waals surface area contributed by atoms with Crippen LogP contribution in [0.4, 0.5) is 4.39 Å². The van der Waals surface area contributed by atoms with Gasteiger partial charge in [0, 0.05) is 47.1 Å². The van der Waals surface area contributed by atoms with E-state index in [9.17, 15) is 10.5 Å². The van der Waals surface area contributed by atoms with Crippen molar-refractivity contribution in [1.29, 1.82) is 10.5 Å². The lowest BCUT2D eigenvalue weighted by atomic mass is 9.80. The normalized spacial score (nSPS) is 20.9. The van der Waals surface area contributed by atoms with Gasteiger partial charge in [0.05, 0.1) is 47.7 Å². The molecular formula is C27H24FN7. The van der Waals surface area contributed by atoms with E-state index < -0.39 is 0 Å². The molecule has 0 bridgehead atoms. The molecule has 1 aromatic carbocycles. The van der Waals surface area contributed by atoms with E-state index >= 15 is 4.39 Å². The summed E-state index contributed by atoms with van der Waals surface area (Å²) in [4.78, 5) is 4.70. The Morgan fingerprint density at radius 1 is 1.03 bits per heavy atom. The van der Waals surface area contributed by atoms with Gasteiger partial charge in [-0.3, -0.25) is 9.67 Å². The molecule has 0 atom stereocenters. The van der Waals surface area contributed by atoms with Gasteiger partial charge >= 0.3 is 0 Å². The number of aromatic nitrogens is 5. The van der Waals surface area contributed by atoms with Crippen molar-refractivity contribution in [2.45, 2.75) is 51.0 Å². The number of nitrogens with zero attached hydrogens (tertiary/aromatic N) is 7. The lowest BCUT2D eigenvalue weighted by molar-refractivity contribution is 0.378. The number of fused-ring (bicyclic) bond motifs is 1. The third-order valence-corrected chi connectivity index (χ3v) is 7.54. The first-order valence-electron chi connectivity index (χ1n) is 12.0. The van der Waals surface area contributed by atoms with Gasteiger partial charge in [-0.2, -0.15) is 20.7 Å². The summed E-state index contributed by atoms with van der Waals surface area (Å²) in [6.07, 6.45) is 14.2. The SMILES string of the molecule is N#CC1CCC(c2nccn3ncc(-c4ccc(-c5cnn(CC6(C#N)CC6)c5)c(F)c4)c23)CC1. The lowest BCUT2D eigenvalue weighted by Gasteiger charge is -2.25. The summed E-state index contributed by atoms with van der Waals surface area (Å²) in [7, 11) is 0. The summed E-state index contributed by atoms with van der Waals surface area (Å²) in [5.74, 6) is 0.0516. The van der Waals surface area contributed by atoms with E-state index in [4.69, 9.17) is 4.98 Å². The van der Waals surface area contributed by atoms with Crippen LogP contribution in [-0.4, -0.2) is 24.4 Å². The minimum Gasteiger partial charge on any atom is -0.271 e. The highest BCUT2D eigenvalue weighted by Gasteiger charge is 2.43. The maximum absolute atomic E-state index is 15.3. The molecule has 2 aliphatic rings. The molecule has 3 aromatic heterocycles. The molecule has 3 heterocycles. The molecule has 0 N–H and O–H groups in total. The summed E-state index contributed by atoms with van der Waals surface area (Å²) in [6, 6.07) is 9.99. The summed E-state index contributed by atoms with van der Waals surface area (Å²) in [5.41, 5.74) is 4.32. The third kappa shape index (κ3) is 3.85. The van der Waals surface area contributed by atoms with Crippen LogP contribution in [-0.2, 0) is 6.54 Å². The largest absolute Gasteiger partial charge is 0.271 e.